The van der Waals surface area contributed by atoms with E-state index in [1.165, 1.54) is 16.2 Å². The van der Waals surface area contributed by atoms with Crippen LogP contribution < -0.4 is 5.32 Å². The van der Waals surface area contributed by atoms with Crippen LogP contribution in [-0.4, -0.2) is 49.1 Å². The van der Waals surface area contributed by atoms with E-state index in [0.29, 0.717) is 11.4 Å². The summed E-state index contributed by atoms with van der Waals surface area (Å²) in [5.41, 5.74) is 0. The van der Waals surface area contributed by atoms with E-state index in [0.717, 1.165) is 4.88 Å². The predicted molar refractivity (Wildman–Crippen MR) is 73.9 cm³/mol. The first-order chi connectivity index (χ1) is 9.08. The highest BCUT2D eigenvalue weighted by Gasteiger charge is 2.14. The second-order valence-electron chi connectivity index (χ2n) is 3.77. The maximum atomic E-state index is 12.0. The maximum absolute atomic E-state index is 12.0. The molecule has 0 radical (unpaired) electrons. The molecule has 19 heavy (non-hydrogen) atoms. The van der Waals surface area contributed by atoms with Crippen LogP contribution in [0.2, 0.25) is 0 Å². The maximum Gasteiger partial charge on any atom is 0.263 e. The topological polar surface area (TPSA) is 69.6 Å². The third-order valence-corrected chi connectivity index (χ3v) is 3.40. The van der Waals surface area contributed by atoms with Gasteiger partial charge in [-0.2, -0.15) is 0 Å². The van der Waals surface area contributed by atoms with E-state index < -0.39 is 0 Å². The lowest BCUT2D eigenvalue weighted by atomic mass is 10.3. The standard InChI is InChI=1S/C13H16N2O3S/c1-14-12(17)7-8-15(2)13(18)11-6-5-10(19-11)4-3-9-16/h5-6,16H,7-9H2,1-2H3,(H,14,17). The molecule has 1 rings (SSSR count). The zero-order valence-corrected chi connectivity index (χ0v) is 11.7. The van der Waals surface area contributed by atoms with Crippen molar-refractivity contribution in [2.75, 3.05) is 27.2 Å². The summed E-state index contributed by atoms with van der Waals surface area (Å²) in [4.78, 5) is 26.0. The van der Waals surface area contributed by atoms with Gasteiger partial charge in [0.25, 0.3) is 5.91 Å². The molecule has 0 aliphatic rings. The number of carbonyl (C=O) groups is 2. The monoisotopic (exact) mass is 280 g/mol. The molecule has 0 aliphatic heterocycles. The molecule has 1 heterocycles. The predicted octanol–water partition coefficient (Wildman–Crippen LogP) is 0.300. The highest BCUT2D eigenvalue weighted by Crippen LogP contribution is 2.17. The van der Waals surface area contributed by atoms with Crippen LogP contribution in [0, 0.1) is 11.8 Å². The summed E-state index contributed by atoms with van der Waals surface area (Å²) >= 11 is 1.27. The Morgan fingerprint density at radius 2 is 2.21 bits per heavy atom. The summed E-state index contributed by atoms with van der Waals surface area (Å²) in [7, 11) is 3.22. The van der Waals surface area contributed by atoms with E-state index >= 15 is 0 Å². The molecular formula is C13H16N2O3S. The van der Waals surface area contributed by atoms with Gasteiger partial charge in [0.2, 0.25) is 5.91 Å². The van der Waals surface area contributed by atoms with Crippen molar-refractivity contribution in [1.82, 2.24) is 10.2 Å². The molecule has 5 nitrogen and oxygen atoms in total. The zero-order chi connectivity index (χ0) is 14.3. The molecular weight excluding hydrogens is 264 g/mol. The van der Waals surface area contributed by atoms with Crippen molar-refractivity contribution in [2.24, 2.45) is 0 Å². The number of hydrogen-bond acceptors (Lipinski definition) is 4. The molecule has 102 valence electrons. The average molecular weight is 280 g/mol. The Labute approximate surface area is 116 Å². The van der Waals surface area contributed by atoms with Crippen molar-refractivity contribution in [3.63, 3.8) is 0 Å². The molecule has 0 atom stereocenters. The fourth-order valence-electron chi connectivity index (χ4n) is 1.33. The normalized spacial score (nSPS) is 9.42. The first kappa shape index (κ1) is 15.2. The number of carbonyl (C=O) groups excluding carboxylic acids is 2. The third-order valence-electron chi connectivity index (χ3n) is 2.41. The van der Waals surface area contributed by atoms with Crippen LogP contribution in [-0.2, 0) is 4.79 Å². The molecule has 0 bridgehead atoms. The van der Waals surface area contributed by atoms with Gasteiger partial charge in [-0.1, -0.05) is 11.8 Å². The summed E-state index contributed by atoms with van der Waals surface area (Å²) in [6.45, 7) is 0.168. The number of hydrogen-bond donors (Lipinski definition) is 2. The first-order valence-electron chi connectivity index (χ1n) is 5.74. The molecule has 0 saturated heterocycles. The highest BCUT2D eigenvalue weighted by atomic mass is 32.1. The molecule has 2 amide bonds. The minimum absolute atomic E-state index is 0.0969. The number of nitrogens with one attached hydrogen (secondary N) is 1. The number of aliphatic hydroxyl groups is 1. The molecule has 2 N–H and O–H groups in total. The SMILES string of the molecule is CNC(=O)CCN(C)C(=O)c1ccc(C#CCO)s1. The summed E-state index contributed by atoms with van der Waals surface area (Å²) in [6.07, 6.45) is 0.279. The van der Waals surface area contributed by atoms with Gasteiger partial charge in [0, 0.05) is 27.1 Å². The lowest BCUT2D eigenvalue weighted by molar-refractivity contribution is -0.120. The number of aliphatic hydroxyl groups excluding tert-OH is 1. The van der Waals surface area contributed by atoms with Gasteiger partial charge in [0.05, 0.1) is 9.75 Å². The van der Waals surface area contributed by atoms with Crippen LogP contribution in [0.1, 0.15) is 21.0 Å². The second kappa shape index (κ2) is 7.56. The molecule has 0 fully saturated rings. The number of nitrogens with zero attached hydrogens (tertiary/aromatic N) is 1. The van der Waals surface area contributed by atoms with E-state index in [9.17, 15) is 9.59 Å². The minimum atomic E-state index is -0.201. The van der Waals surface area contributed by atoms with Crippen LogP contribution in [0.25, 0.3) is 0 Å². The van der Waals surface area contributed by atoms with Gasteiger partial charge < -0.3 is 15.3 Å². The van der Waals surface area contributed by atoms with Gasteiger partial charge >= 0.3 is 0 Å². The van der Waals surface area contributed by atoms with Crippen molar-refractivity contribution >= 4 is 23.2 Å². The third kappa shape index (κ3) is 4.73. The molecule has 0 spiro atoms. The smallest absolute Gasteiger partial charge is 0.263 e. The Kier molecular flexibility index (Phi) is 6.06. The van der Waals surface area contributed by atoms with Crippen molar-refractivity contribution < 1.29 is 14.7 Å². The molecule has 1 aromatic rings. The van der Waals surface area contributed by atoms with Crippen molar-refractivity contribution in [2.45, 2.75) is 6.42 Å². The van der Waals surface area contributed by atoms with Crippen LogP contribution in [0.3, 0.4) is 0 Å². The summed E-state index contributed by atoms with van der Waals surface area (Å²) in [5, 5.41) is 11.1. The molecule has 0 aliphatic carbocycles. The van der Waals surface area contributed by atoms with Gasteiger partial charge in [0.15, 0.2) is 0 Å². The fourth-order valence-corrected chi connectivity index (χ4v) is 2.21. The van der Waals surface area contributed by atoms with E-state index in [2.05, 4.69) is 17.2 Å². The second-order valence-corrected chi connectivity index (χ2v) is 4.86. The first-order valence-corrected chi connectivity index (χ1v) is 6.55. The Morgan fingerprint density at radius 3 is 2.84 bits per heavy atom. The Morgan fingerprint density at radius 1 is 1.47 bits per heavy atom. The van der Waals surface area contributed by atoms with E-state index in [1.54, 1.807) is 26.2 Å². The molecule has 6 heteroatoms. The number of rotatable bonds is 4. The van der Waals surface area contributed by atoms with Crippen LogP contribution in [0.4, 0.5) is 0 Å². The Balaban J connectivity index is 2.61. The minimum Gasteiger partial charge on any atom is -0.384 e. The van der Waals surface area contributed by atoms with Crippen molar-refractivity contribution in [1.29, 1.82) is 0 Å². The van der Waals surface area contributed by atoms with Gasteiger partial charge in [-0.3, -0.25) is 9.59 Å². The number of thiophene rings is 1. The summed E-state index contributed by atoms with van der Waals surface area (Å²) < 4.78 is 0. The van der Waals surface area contributed by atoms with Crippen LogP contribution >= 0.6 is 11.3 Å². The molecule has 1 aromatic heterocycles. The summed E-state index contributed by atoms with van der Waals surface area (Å²) in [6, 6.07) is 3.44. The van der Waals surface area contributed by atoms with Gasteiger partial charge in [-0.15, -0.1) is 11.3 Å². The largest absolute Gasteiger partial charge is 0.384 e. The summed E-state index contributed by atoms with van der Waals surface area (Å²) in [5.74, 6) is 5.05. The lowest BCUT2D eigenvalue weighted by Gasteiger charge is -2.15. The van der Waals surface area contributed by atoms with E-state index in [-0.39, 0.29) is 24.8 Å². The van der Waals surface area contributed by atoms with Crippen LogP contribution in [0.5, 0.6) is 0 Å². The van der Waals surface area contributed by atoms with Crippen LogP contribution in [0.15, 0.2) is 12.1 Å². The molecule has 0 aromatic carbocycles. The lowest BCUT2D eigenvalue weighted by Crippen LogP contribution is -2.30. The van der Waals surface area contributed by atoms with Gasteiger partial charge in [0.1, 0.15) is 6.61 Å². The Bertz CT molecular complexity index is 513. The van der Waals surface area contributed by atoms with E-state index in [1.807, 2.05) is 0 Å². The molecule has 0 unspecified atom stereocenters. The van der Waals surface area contributed by atoms with Crippen molar-refractivity contribution in [3.05, 3.63) is 21.9 Å². The number of amides is 2. The average Bonchev–Trinajstić information content (AvgIpc) is 2.89. The molecule has 0 saturated carbocycles. The van der Waals surface area contributed by atoms with Gasteiger partial charge in [-0.05, 0) is 12.1 Å². The van der Waals surface area contributed by atoms with E-state index in [4.69, 9.17) is 5.11 Å². The fraction of sp³-hybridized carbons (Fsp3) is 0.385. The quantitative estimate of drug-likeness (QED) is 0.779. The Hall–Kier alpha value is -1.84. The van der Waals surface area contributed by atoms with Gasteiger partial charge in [-0.25, -0.2) is 0 Å². The highest BCUT2D eigenvalue weighted by molar-refractivity contribution is 7.14. The zero-order valence-electron chi connectivity index (χ0n) is 10.9. The van der Waals surface area contributed by atoms with Crippen molar-refractivity contribution in [3.8, 4) is 11.8 Å².